The van der Waals surface area contributed by atoms with Gasteiger partial charge >= 0.3 is 35.3 Å². The summed E-state index contributed by atoms with van der Waals surface area (Å²) in [4.78, 5) is 44.4. The summed E-state index contributed by atoms with van der Waals surface area (Å²) in [5.74, 6) is 2.48. The molecular formula is C38H56Cl2N8O6Pt. The van der Waals surface area contributed by atoms with Crippen molar-refractivity contribution < 1.29 is 45.0 Å². The van der Waals surface area contributed by atoms with Crippen LogP contribution in [0.25, 0.3) is 0 Å². The summed E-state index contributed by atoms with van der Waals surface area (Å²) in [6, 6.07) is 7.43. The molecule has 308 valence electrons. The van der Waals surface area contributed by atoms with E-state index in [-0.39, 0.29) is 36.2 Å². The minimum atomic E-state index is -0.472. The third-order valence-electron chi connectivity index (χ3n) is 10.6. The van der Waals surface area contributed by atoms with Gasteiger partial charge in [-0.1, -0.05) is 0 Å². The van der Waals surface area contributed by atoms with Gasteiger partial charge in [0.25, 0.3) is 11.8 Å². The van der Waals surface area contributed by atoms with E-state index in [9.17, 15) is 9.59 Å². The molecule has 3 saturated heterocycles. The first kappa shape index (κ1) is 44.7. The molecule has 0 aromatic heterocycles. The van der Waals surface area contributed by atoms with Crippen molar-refractivity contribution in [3.8, 4) is 23.0 Å². The molecule has 5 aliphatic heterocycles. The van der Waals surface area contributed by atoms with Gasteiger partial charge in [0.15, 0.2) is 23.0 Å². The second-order valence-corrected chi connectivity index (χ2v) is 17.1. The van der Waals surface area contributed by atoms with Crippen LogP contribution in [0.5, 0.6) is 23.0 Å². The maximum absolute atomic E-state index is 13.1. The van der Waals surface area contributed by atoms with E-state index in [1.165, 1.54) is 0 Å². The van der Waals surface area contributed by atoms with Gasteiger partial charge in [-0.05, 0) is 76.6 Å². The van der Waals surface area contributed by atoms with Gasteiger partial charge in [0.2, 0.25) is 0 Å². The quantitative estimate of drug-likeness (QED) is 0.194. The van der Waals surface area contributed by atoms with Crippen molar-refractivity contribution in [1.82, 2.24) is 31.9 Å². The Labute approximate surface area is 341 Å². The van der Waals surface area contributed by atoms with Crippen LogP contribution in [-0.2, 0) is 16.5 Å². The Morgan fingerprint density at radius 2 is 1.04 bits per heavy atom. The van der Waals surface area contributed by atoms with Crippen LogP contribution in [0.3, 0.4) is 0 Å². The predicted octanol–water partition coefficient (Wildman–Crippen LogP) is 6.68. The molecule has 0 aliphatic carbocycles. The average molecular weight is 987 g/mol. The molecule has 0 spiro atoms. The molecule has 6 N–H and O–H groups in total. The SMILES string of the molecule is COc1cc2c(cc1OCCCCN1CCN(CCCCOc3cc4c(cc3OC)C(=O)N3CCC[C@H]3C=N4)CC1)N=C[C@@H]1CCCN1C2=O.N.N.[Cl][Pt][Cl]. The summed E-state index contributed by atoms with van der Waals surface area (Å²) in [7, 11) is 13.0. The number of rotatable bonds is 14. The van der Waals surface area contributed by atoms with Crippen molar-refractivity contribution in [1.29, 1.82) is 0 Å². The Hall–Kier alpha value is -2.97. The van der Waals surface area contributed by atoms with Crippen molar-refractivity contribution in [2.75, 3.05) is 79.8 Å². The first-order chi connectivity index (χ1) is 25.9. The van der Waals surface area contributed by atoms with Gasteiger partial charge in [-0.25, -0.2) is 0 Å². The molecule has 2 aromatic rings. The van der Waals surface area contributed by atoms with Crippen molar-refractivity contribution in [3.63, 3.8) is 0 Å². The second-order valence-electron chi connectivity index (χ2n) is 13.9. The number of carbonyl (C=O) groups is 2. The number of fused-ring (bicyclic) bond motifs is 4. The molecule has 7 rings (SSSR count). The molecule has 5 heterocycles. The fraction of sp³-hybridized carbons (Fsp3) is 0.579. The Morgan fingerprint density at radius 3 is 1.42 bits per heavy atom. The van der Waals surface area contributed by atoms with Crippen LogP contribution in [0.4, 0.5) is 11.4 Å². The summed E-state index contributed by atoms with van der Waals surface area (Å²) in [5, 5.41) is 0. The van der Waals surface area contributed by atoms with E-state index in [1.807, 2.05) is 34.4 Å². The first-order valence-corrected chi connectivity index (χ1v) is 24.2. The molecule has 17 heteroatoms. The second kappa shape index (κ2) is 22.1. The fourth-order valence-electron chi connectivity index (χ4n) is 7.72. The molecule has 2 atom stereocenters. The van der Waals surface area contributed by atoms with Gasteiger partial charge in [-0.2, -0.15) is 0 Å². The van der Waals surface area contributed by atoms with Crippen molar-refractivity contribution in [2.24, 2.45) is 9.98 Å². The molecule has 0 unspecified atom stereocenters. The molecule has 55 heavy (non-hydrogen) atoms. The number of hydrogen-bond donors (Lipinski definition) is 2. The van der Waals surface area contributed by atoms with E-state index in [2.05, 4.69) is 19.8 Å². The van der Waals surface area contributed by atoms with Crippen LogP contribution < -0.4 is 31.2 Å². The van der Waals surface area contributed by atoms with E-state index in [0.29, 0.717) is 58.7 Å². The number of benzene rings is 2. The van der Waals surface area contributed by atoms with Gasteiger partial charge in [0, 0.05) is 63.8 Å². The van der Waals surface area contributed by atoms with Crippen LogP contribution in [0.1, 0.15) is 72.1 Å². The van der Waals surface area contributed by atoms with Crippen molar-refractivity contribution in [2.45, 2.75) is 63.5 Å². The predicted molar refractivity (Wildman–Crippen MR) is 214 cm³/mol. The number of amides is 2. The molecule has 0 saturated carbocycles. The van der Waals surface area contributed by atoms with E-state index < -0.39 is 16.5 Å². The van der Waals surface area contributed by atoms with E-state index in [0.717, 1.165) is 104 Å². The minimum absolute atomic E-state index is 0. The van der Waals surface area contributed by atoms with Crippen molar-refractivity contribution >= 4 is 54.5 Å². The molecule has 2 amide bonds. The number of unbranched alkanes of at least 4 members (excludes halogenated alkanes) is 2. The number of halogens is 2. The third kappa shape index (κ3) is 11.1. The Balaban J connectivity index is 0.00000130. The van der Waals surface area contributed by atoms with E-state index in [1.54, 1.807) is 26.4 Å². The topological polar surface area (TPSA) is 179 Å². The maximum atomic E-state index is 13.1. The normalized spacial score (nSPS) is 20.1. The van der Waals surface area contributed by atoms with Crippen LogP contribution in [0.2, 0.25) is 0 Å². The van der Waals surface area contributed by atoms with Crippen LogP contribution >= 0.6 is 18.8 Å². The van der Waals surface area contributed by atoms with Crippen LogP contribution in [0.15, 0.2) is 34.3 Å². The zero-order chi connectivity index (χ0) is 37.2. The fourth-order valence-corrected chi connectivity index (χ4v) is 7.72. The molecule has 0 radical (unpaired) electrons. The molecule has 5 aliphatic rings. The van der Waals surface area contributed by atoms with E-state index >= 15 is 0 Å². The monoisotopic (exact) mass is 985 g/mol. The number of nitrogens with zero attached hydrogens (tertiary/aromatic N) is 6. The number of methoxy groups -OCH3 is 2. The molecule has 0 bridgehead atoms. The molecule has 2 aromatic carbocycles. The summed E-state index contributed by atoms with van der Waals surface area (Å²) >= 11 is -0.472. The van der Waals surface area contributed by atoms with Gasteiger partial charge in [0.05, 0.1) is 62.0 Å². The summed E-state index contributed by atoms with van der Waals surface area (Å²) < 4.78 is 23.5. The summed E-state index contributed by atoms with van der Waals surface area (Å²) in [5.41, 5.74) is 2.48. The zero-order valence-electron chi connectivity index (χ0n) is 32.0. The standard InChI is InChI=1S/C38H50N6O6.2ClH.2H3N.Pt/c1-47-33-21-29-31(39-25-27-9-7-13-43(27)37(29)45)23-35(33)49-19-5-3-11-41-15-17-42(18-16-41)12-4-6-20-50-36-24-32-30(22-34(36)48-2)38(46)44-14-8-10-28(44)26-40-32;;;;;/h21-28H,3-20H2,1-2H3;2*1H;2*1H3;/q;;;;;+2/p-2/t27-,28-;;;;;/m0...../s1. The molecular weight excluding hydrogens is 930 g/mol. The van der Waals surface area contributed by atoms with Crippen molar-refractivity contribution in [3.05, 3.63) is 35.4 Å². The number of ether oxygens (including phenoxy) is 4. The number of carbonyl (C=O) groups excluding carboxylic acids is 2. The number of aliphatic imine (C=N–C) groups is 2. The first-order valence-electron chi connectivity index (χ1n) is 18.6. The third-order valence-corrected chi connectivity index (χ3v) is 10.6. The summed E-state index contributed by atoms with van der Waals surface area (Å²) in [6.07, 6.45) is 11.7. The van der Waals surface area contributed by atoms with E-state index in [4.69, 9.17) is 37.8 Å². The van der Waals surface area contributed by atoms with Crippen LogP contribution in [0, 0.1) is 0 Å². The Bertz CT molecular complexity index is 1530. The van der Waals surface area contributed by atoms with Gasteiger partial charge in [0.1, 0.15) is 0 Å². The van der Waals surface area contributed by atoms with Gasteiger partial charge in [-0.3, -0.25) is 19.6 Å². The van der Waals surface area contributed by atoms with Gasteiger partial charge in [-0.15, -0.1) is 0 Å². The average Bonchev–Trinajstić information content (AvgIpc) is 3.81. The number of piperazine rings is 1. The zero-order valence-corrected chi connectivity index (χ0v) is 35.7. The van der Waals surface area contributed by atoms with Gasteiger partial charge < -0.3 is 50.8 Å². The Kier molecular flexibility index (Phi) is 18.0. The number of hydrogen-bond acceptors (Lipinski definition) is 12. The molecule has 3 fully saturated rings. The van der Waals surface area contributed by atoms with Crippen LogP contribution in [-0.4, -0.2) is 136 Å². The molecule has 14 nitrogen and oxygen atoms in total. The summed E-state index contributed by atoms with van der Waals surface area (Å²) in [6.45, 7) is 9.13. The Morgan fingerprint density at radius 1 is 0.636 bits per heavy atom.